The molecule has 2 N–H and O–H groups in total. The highest BCUT2D eigenvalue weighted by atomic mass is 19.3. The molecule has 41 heavy (non-hydrogen) atoms. The molecule has 2 fully saturated rings. The first-order chi connectivity index (χ1) is 19.7. The third kappa shape index (κ3) is 6.92. The van der Waals surface area contributed by atoms with E-state index < -0.39 is 49.4 Å². The Morgan fingerprint density at radius 1 is 1.20 bits per heavy atom. The topological polar surface area (TPSA) is 106 Å². The molecule has 3 amide bonds. The van der Waals surface area contributed by atoms with E-state index in [4.69, 9.17) is 13.9 Å². The zero-order valence-corrected chi connectivity index (χ0v) is 22.7. The molecule has 2 heterocycles. The van der Waals surface area contributed by atoms with E-state index in [1.165, 1.54) is 7.11 Å². The van der Waals surface area contributed by atoms with Gasteiger partial charge in [0.05, 0.1) is 25.7 Å². The number of rotatable bonds is 9. The summed E-state index contributed by atoms with van der Waals surface area (Å²) in [6.45, 7) is -1.40. The molecule has 1 aromatic heterocycles. The van der Waals surface area contributed by atoms with E-state index in [2.05, 4.69) is 15.6 Å². The van der Waals surface area contributed by atoms with Gasteiger partial charge in [-0.15, -0.1) is 0 Å². The van der Waals surface area contributed by atoms with Gasteiger partial charge in [-0.2, -0.15) is 0 Å². The van der Waals surface area contributed by atoms with Gasteiger partial charge in [-0.1, -0.05) is 36.4 Å². The maximum atomic E-state index is 14.2. The van der Waals surface area contributed by atoms with Crippen molar-refractivity contribution in [2.45, 2.75) is 56.5 Å². The van der Waals surface area contributed by atoms with Crippen LogP contribution in [0.5, 0.6) is 0 Å². The van der Waals surface area contributed by atoms with Crippen LogP contribution in [0.15, 0.2) is 52.9 Å². The number of nitrogens with zero attached hydrogens (tertiary/aromatic N) is 2. The number of benzene rings is 2. The molecule has 0 radical (unpaired) electrons. The number of halogens is 3. The quantitative estimate of drug-likeness (QED) is 0.341. The third-order valence-electron chi connectivity index (χ3n) is 7.60. The number of aromatic nitrogens is 1. The Balaban J connectivity index is 1.39. The Kier molecular flexibility index (Phi) is 8.67. The molecule has 0 spiro atoms. The molecular weight excluding hydrogens is 541 g/mol. The van der Waals surface area contributed by atoms with E-state index >= 15 is 0 Å². The third-order valence-corrected chi connectivity index (χ3v) is 7.60. The van der Waals surface area contributed by atoms with Crippen LogP contribution in [0.2, 0.25) is 0 Å². The van der Waals surface area contributed by atoms with E-state index in [9.17, 15) is 22.8 Å². The molecule has 1 aliphatic heterocycles. The lowest BCUT2D eigenvalue weighted by atomic mass is 9.83. The average Bonchev–Trinajstić information content (AvgIpc) is 3.39. The molecule has 9 nitrogen and oxygen atoms in total. The van der Waals surface area contributed by atoms with Crippen LogP contribution in [0.3, 0.4) is 0 Å². The Hall–Kier alpha value is -3.80. The van der Waals surface area contributed by atoms with Crippen LogP contribution in [0.1, 0.15) is 54.8 Å². The highest BCUT2D eigenvalue weighted by Gasteiger charge is 2.42. The summed E-state index contributed by atoms with van der Waals surface area (Å²) in [4.78, 5) is 31.0. The van der Waals surface area contributed by atoms with Crippen LogP contribution in [0.25, 0.3) is 11.1 Å². The van der Waals surface area contributed by atoms with Crippen molar-refractivity contribution in [3.8, 4) is 0 Å². The van der Waals surface area contributed by atoms with E-state index in [1.807, 2.05) is 30.3 Å². The van der Waals surface area contributed by atoms with Gasteiger partial charge in [0.25, 0.3) is 5.92 Å². The molecule has 2 aliphatic rings. The lowest BCUT2D eigenvalue weighted by molar-refractivity contribution is -0.0509. The Morgan fingerprint density at radius 2 is 1.95 bits per heavy atom. The molecule has 0 bridgehead atoms. The lowest BCUT2D eigenvalue weighted by Gasteiger charge is -2.38. The normalized spacial score (nSPS) is 22.1. The molecule has 1 saturated heterocycles. The molecule has 1 aliphatic carbocycles. The van der Waals surface area contributed by atoms with E-state index in [0.29, 0.717) is 42.3 Å². The molecule has 5 rings (SSSR count). The summed E-state index contributed by atoms with van der Waals surface area (Å²) in [5, 5.41) is 5.10. The number of oxazole rings is 1. The number of nitrogens with one attached hydrogen (secondary N) is 2. The minimum Gasteiger partial charge on any atom is -0.445 e. The summed E-state index contributed by atoms with van der Waals surface area (Å²) in [5.41, 5.74) is 2.21. The molecule has 2 aromatic carbocycles. The smallest absolute Gasteiger partial charge is 0.408 e. The lowest BCUT2D eigenvalue weighted by Crippen LogP contribution is -2.58. The molecule has 0 unspecified atom stereocenters. The zero-order valence-electron chi connectivity index (χ0n) is 22.7. The number of carbonyl (C=O) groups is 2. The first-order valence-corrected chi connectivity index (χ1v) is 13.7. The molecular formula is C29H33F3N4O5. The minimum atomic E-state index is -3.09. The van der Waals surface area contributed by atoms with Crippen molar-refractivity contribution >= 4 is 23.2 Å². The van der Waals surface area contributed by atoms with Gasteiger partial charge in [-0.25, -0.2) is 27.7 Å². The van der Waals surface area contributed by atoms with E-state index in [0.717, 1.165) is 10.5 Å². The van der Waals surface area contributed by atoms with Crippen LogP contribution < -0.4 is 10.6 Å². The Labute approximate surface area is 235 Å². The van der Waals surface area contributed by atoms with Gasteiger partial charge in [0.2, 0.25) is 5.89 Å². The van der Waals surface area contributed by atoms with Crippen molar-refractivity contribution in [3.63, 3.8) is 0 Å². The molecule has 220 valence electrons. The Bertz CT molecular complexity index is 1350. The number of alkyl halides is 3. The summed E-state index contributed by atoms with van der Waals surface area (Å²) in [6.07, 6.45) is 0.258. The fourth-order valence-electron chi connectivity index (χ4n) is 5.45. The second kappa shape index (κ2) is 12.4. The predicted octanol–water partition coefficient (Wildman–Crippen LogP) is 5.67. The number of methoxy groups -OCH3 is 1. The van der Waals surface area contributed by atoms with Gasteiger partial charge in [0.1, 0.15) is 24.3 Å². The van der Waals surface area contributed by atoms with Crippen molar-refractivity contribution in [1.29, 1.82) is 0 Å². The van der Waals surface area contributed by atoms with Gasteiger partial charge in [-0.3, -0.25) is 0 Å². The summed E-state index contributed by atoms with van der Waals surface area (Å²) in [7, 11) is 1.43. The second-order valence-corrected chi connectivity index (χ2v) is 10.6. The highest BCUT2D eigenvalue weighted by Crippen LogP contribution is 2.37. The number of urea groups is 1. The SMILES string of the molecule is COC[C@H](c1ccc2oc([C@@H](NC(=O)OCc3ccccc3)C3CCC(F)CC3)nc2c1)N1CC(F)(F)CNC1=O. The van der Waals surface area contributed by atoms with Crippen molar-refractivity contribution in [3.05, 3.63) is 65.5 Å². The van der Waals surface area contributed by atoms with Gasteiger partial charge in [0, 0.05) is 7.11 Å². The molecule has 12 heteroatoms. The first kappa shape index (κ1) is 28.7. The molecule has 2 atom stereocenters. The van der Waals surface area contributed by atoms with Crippen molar-refractivity contribution in [2.24, 2.45) is 5.92 Å². The summed E-state index contributed by atoms with van der Waals surface area (Å²) in [5.74, 6) is -2.97. The van der Waals surface area contributed by atoms with Gasteiger partial charge in [0.15, 0.2) is 5.58 Å². The van der Waals surface area contributed by atoms with Gasteiger partial charge < -0.3 is 29.4 Å². The number of fused-ring (bicyclic) bond motifs is 1. The predicted molar refractivity (Wildman–Crippen MR) is 143 cm³/mol. The van der Waals surface area contributed by atoms with Crippen molar-refractivity contribution in [1.82, 2.24) is 20.5 Å². The number of amides is 3. The number of alkyl carbamates (subject to hydrolysis) is 1. The second-order valence-electron chi connectivity index (χ2n) is 10.6. The number of carbonyl (C=O) groups excluding carboxylic acids is 2. The summed E-state index contributed by atoms with van der Waals surface area (Å²) >= 11 is 0. The largest absolute Gasteiger partial charge is 0.445 e. The fourth-order valence-corrected chi connectivity index (χ4v) is 5.45. The van der Waals surface area contributed by atoms with Crippen LogP contribution in [0, 0.1) is 5.92 Å². The maximum absolute atomic E-state index is 14.2. The van der Waals surface area contributed by atoms with Crippen molar-refractivity contribution < 1.29 is 36.7 Å². The zero-order chi connectivity index (χ0) is 29.0. The Morgan fingerprint density at radius 3 is 2.68 bits per heavy atom. The molecule has 1 saturated carbocycles. The van der Waals surface area contributed by atoms with Gasteiger partial charge in [-0.05, 0) is 54.9 Å². The number of hydrogen-bond donors (Lipinski definition) is 2. The summed E-state index contributed by atoms with van der Waals surface area (Å²) < 4.78 is 59.0. The highest BCUT2D eigenvalue weighted by molar-refractivity contribution is 5.77. The fraction of sp³-hybridized carbons (Fsp3) is 0.483. The van der Waals surface area contributed by atoms with Crippen LogP contribution in [-0.4, -0.2) is 60.9 Å². The molecule has 3 aromatic rings. The van der Waals surface area contributed by atoms with Crippen molar-refractivity contribution in [2.75, 3.05) is 26.8 Å². The van der Waals surface area contributed by atoms with E-state index in [-0.39, 0.29) is 25.0 Å². The summed E-state index contributed by atoms with van der Waals surface area (Å²) in [6, 6.07) is 12.2. The number of ether oxygens (including phenoxy) is 2. The minimum absolute atomic E-state index is 0.0103. The average molecular weight is 575 g/mol. The van der Waals surface area contributed by atoms with Crippen LogP contribution in [-0.2, 0) is 16.1 Å². The maximum Gasteiger partial charge on any atom is 0.408 e. The first-order valence-electron chi connectivity index (χ1n) is 13.7. The van der Waals surface area contributed by atoms with Gasteiger partial charge >= 0.3 is 12.1 Å². The van der Waals surface area contributed by atoms with Crippen LogP contribution >= 0.6 is 0 Å². The monoisotopic (exact) mass is 574 g/mol. The van der Waals surface area contributed by atoms with E-state index in [1.54, 1.807) is 18.2 Å². The standard InChI is InChI=1S/C29H33F3N4O5/c1-39-15-23(36-17-29(31,32)16-33-27(36)37)20-9-12-24-22(13-20)34-26(41-24)25(19-7-10-21(30)11-8-19)35-28(38)40-14-18-5-3-2-4-6-18/h2-6,9,12-13,19,21,23,25H,7-8,10-11,14-17H2,1H3,(H,33,37)(H,35,38)/t19?,21?,23-,25+/m1/s1. The van der Waals surface area contributed by atoms with Crippen LogP contribution in [0.4, 0.5) is 22.8 Å². The number of hydrogen-bond acceptors (Lipinski definition) is 6.